The zero-order valence-electron chi connectivity index (χ0n) is 9.77. The molecule has 0 aliphatic heterocycles. The molecular formula is C13H11BrFNO3. The number of aliphatic hydroxyl groups excluding tert-OH is 1. The van der Waals surface area contributed by atoms with Gasteiger partial charge in [-0.3, -0.25) is 4.79 Å². The SMILES string of the molecule is O=C(NCC(O)c1ccccc1F)c1ccc(Br)o1. The molecule has 19 heavy (non-hydrogen) atoms. The van der Waals surface area contributed by atoms with Crippen LogP contribution in [0.5, 0.6) is 0 Å². The topological polar surface area (TPSA) is 62.5 Å². The lowest BCUT2D eigenvalue weighted by molar-refractivity contribution is 0.0885. The summed E-state index contributed by atoms with van der Waals surface area (Å²) in [5.41, 5.74) is 0.142. The van der Waals surface area contributed by atoms with Crippen LogP contribution in [0.15, 0.2) is 45.5 Å². The molecule has 1 amide bonds. The Hall–Kier alpha value is -1.66. The quantitative estimate of drug-likeness (QED) is 0.907. The number of hydrogen-bond acceptors (Lipinski definition) is 3. The molecule has 100 valence electrons. The van der Waals surface area contributed by atoms with Gasteiger partial charge in [0.1, 0.15) is 5.82 Å². The van der Waals surface area contributed by atoms with E-state index in [-0.39, 0.29) is 17.9 Å². The molecule has 2 aromatic rings. The molecule has 0 spiro atoms. The highest BCUT2D eigenvalue weighted by Crippen LogP contribution is 2.17. The van der Waals surface area contributed by atoms with E-state index in [1.165, 1.54) is 24.3 Å². The molecule has 1 aromatic heterocycles. The maximum Gasteiger partial charge on any atom is 0.287 e. The molecule has 2 N–H and O–H groups in total. The van der Waals surface area contributed by atoms with Crippen molar-refractivity contribution in [1.82, 2.24) is 5.32 Å². The first kappa shape index (κ1) is 13.8. The molecule has 1 aromatic carbocycles. The first-order chi connectivity index (χ1) is 9.08. The summed E-state index contributed by atoms with van der Waals surface area (Å²) in [5.74, 6) is -0.862. The Balaban J connectivity index is 1.96. The Bertz CT molecular complexity index is 585. The molecular weight excluding hydrogens is 317 g/mol. The molecule has 1 heterocycles. The zero-order valence-corrected chi connectivity index (χ0v) is 11.4. The lowest BCUT2D eigenvalue weighted by atomic mass is 10.1. The molecule has 2 rings (SSSR count). The Morgan fingerprint density at radius 2 is 2.11 bits per heavy atom. The summed E-state index contributed by atoms with van der Waals surface area (Å²) < 4.78 is 18.9. The predicted octanol–water partition coefficient (Wildman–Crippen LogP) is 2.64. The Kier molecular flexibility index (Phi) is 4.34. The number of carbonyl (C=O) groups is 1. The van der Waals surface area contributed by atoms with Gasteiger partial charge in [-0.2, -0.15) is 0 Å². The van der Waals surface area contributed by atoms with Crippen molar-refractivity contribution in [1.29, 1.82) is 0 Å². The fourth-order valence-electron chi connectivity index (χ4n) is 1.57. The van der Waals surface area contributed by atoms with Crippen LogP contribution in [-0.4, -0.2) is 17.6 Å². The molecule has 1 atom stereocenters. The maximum atomic E-state index is 13.4. The van der Waals surface area contributed by atoms with E-state index in [0.717, 1.165) is 0 Å². The van der Waals surface area contributed by atoms with E-state index in [1.807, 2.05) is 0 Å². The lowest BCUT2D eigenvalue weighted by Crippen LogP contribution is -2.28. The van der Waals surface area contributed by atoms with Crippen molar-refractivity contribution in [3.05, 3.63) is 58.2 Å². The highest BCUT2D eigenvalue weighted by atomic mass is 79.9. The number of rotatable bonds is 4. The van der Waals surface area contributed by atoms with Crippen LogP contribution < -0.4 is 5.32 Å². The van der Waals surface area contributed by atoms with E-state index < -0.39 is 17.8 Å². The van der Waals surface area contributed by atoms with Crippen LogP contribution in [-0.2, 0) is 0 Å². The van der Waals surface area contributed by atoms with Gasteiger partial charge in [0.2, 0.25) is 0 Å². The number of carbonyl (C=O) groups excluding carboxylic acids is 1. The average molecular weight is 328 g/mol. The lowest BCUT2D eigenvalue weighted by Gasteiger charge is -2.12. The molecule has 4 nitrogen and oxygen atoms in total. The van der Waals surface area contributed by atoms with E-state index in [4.69, 9.17) is 4.42 Å². The minimum Gasteiger partial charge on any atom is -0.444 e. The molecule has 0 fully saturated rings. The Labute approximate surface area is 117 Å². The number of furan rings is 1. The standard InChI is InChI=1S/C13H11BrFNO3/c14-12-6-5-11(19-12)13(18)16-7-10(17)8-3-1-2-4-9(8)15/h1-6,10,17H,7H2,(H,16,18). The summed E-state index contributed by atoms with van der Waals surface area (Å²) in [6, 6.07) is 8.95. The number of benzene rings is 1. The van der Waals surface area contributed by atoms with Crippen molar-refractivity contribution < 1.29 is 18.7 Å². The third kappa shape index (κ3) is 3.42. The first-order valence-corrected chi connectivity index (χ1v) is 6.33. The minimum absolute atomic E-state index is 0.0991. The third-order valence-electron chi connectivity index (χ3n) is 2.52. The number of halogens is 2. The van der Waals surface area contributed by atoms with Gasteiger partial charge >= 0.3 is 0 Å². The van der Waals surface area contributed by atoms with Crippen molar-refractivity contribution in [3.8, 4) is 0 Å². The smallest absolute Gasteiger partial charge is 0.287 e. The predicted molar refractivity (Wildman–Crippen MR) is 70.1 cm³/mol. The van der Waals surface area contributed by atoms with Gasteiger partial charge in [-0.25, -0.2) is 4.39 Å². The number of amides is 1. The van der Waals surface area contributed by atoms with Crippen molar-refractivity contribution in [2.75, 3.05) is 6.54 Å². The largest absolute Gasteiger partial charge is 0.444 e. The molecule has 0 radical (unpaired) electrons. The van der Waals surface area contributed by atoms with Gasteiger partial charge in [0.15, 0.2) is 10.4 Å². The molecule has 0 aliphatic rings. The molecule has 0 saturated heterocycles. The summed E-state index contributed by atoms with van der Waals surface area (Å²) in [5, 5.41) is 12.3. The van der Waals surface area contributed by atoms with Gasteiger partial charge in [0, 0.05) is 12.1 Å². The highest BCUT2D eigenvalue weighted by molar-refractivity contribution is 9.10. The highest BCUT2D eigenvalue weighted by Gasteiger charge is 2.15. The van der Waals surface area contributed by atoms with Gasteiger partial charge in [-0.15, -0.1) is 0 Å². The zero-order chi connectivity index (χ0) is 13.8. The van der Waals surface area contributed by atoms with Gasteiger partial charge in [-0.05, 0) is 34.1 Å². The fraction of sp³-hybridized carbons (Fsp3) is 0.154. The van der Waals surface area contributed by atoms with Crippen LogP contribution in [0.1, 0.15) is 22.2 Å². The van der Waals surface area contributed by atoms with Gasteiger partial charge in [-0.1, -0.05) is 18.2 Å². The second kappa shape index (κ2) is 5.99. The second-order valence-corrected chi connectivity index (χ2v) is 4.63. The van der Waals surface area contributed by atoms with E-state index in [0.29, 0.717) is 4.67 Å². The van der Waals surface area contributed by atoms with Crippen LogP contribution >= 0.6 is 15.9 Å². The molecule has 0 bridgehead atoms. The number of hydrogen-bond donors (Lipinski definition) is 2. The normalized spacial score (nSPS) is 12.2. The molecule has 0 saturated carbocycles. The monoisotopic (exact) mass is 327 g/mol. The van der Waals surface area contributed by atoms with Crippen molar-refractivity contribution in [3.63, 3.8) is 0 Å². The summed E-state index contributed by atoms with van der Waals surface area (Å²) in [6.07, 6.45) is -1.11. The molecule has 1 unspecified atom stereocenters. The Morgan fingerprint density at radius 3 is 2.74 bits per heavy atom. The van der Waals surface area contributed by atoms with Gasteiger partial charge < -0.3 is 14.8 Å². The van der Waals surface area contributed by atoms with Gasteiger partial charge in [0.05, 0.1) is 6.10 Å². The summed E-state index contributed by atoms with van der Waals surface area (Å²) in [4.78, 5) is 11.6. The molecule has 6 heteroatoms. The second-order valence-electron chi connectivity index (χ2n) is 3.85. The van der Waals surface area contributed by atoms with E-state index >= 15 is 0 Å². The van der Waals surface area contributed by atoms with Crippen molar-refractivity contribution >= 4 is 21.8 Å². The number of nitrogens with one attached hydrogen (secondary N) is 1. The number of aliphatic hydroxyl groups is 1. The average Bonchev–Trinajstić information content (AvgIpc) is 2.83. The van der Waals surface area contributed by atoms with E-state index in [1.54, 1.807) is 12.1 Å². The van der Waals surface area contributed by atoms with E-state index in [2.05, 4.69) is 21.2 Å². The van der Waals surface area contributed by atoms with Crippen LogP contribution in [0.2, 0.25) is 0 Å². The summed E-state index contributed by atoms with van der Waals surface area (Å²) in [7, 11) is 0. The fourth-order valence-corrected chi connectivity index (χ4v) is 1.87. The van der Waals surface area contributed by atoms with Crippen LogP contribution in [0.25, 0.3) is 0 Å². The van der Waals surface area contributed by atoms with Crippen LogP contribution in [0, 0.1) is 5.82 Å². The maximum absolute atomic E-state index is 13.4. The minimum atomic E-state index is -1.11. The third-order valence-corrected chi connectivity index (χ3v) is 2.94. The summed E-state index contributed by atoms with van der Waals surface area (Å²) >= 11 is 3.08. The van der Waals surface area contributed by atoms with Crippen LogP contribution in [0.3, 0.4) is 0 Å². The van der Waals surface area contributed by atoms with E-state index in [9.17, 15) is 14.3 Å². The Morgan fingerprint density at radius 1 is 1.37 bits per heavy atom. The van der Waals surface area contributed by atoms with Crippen molar-refractivity contribution in [2.45, 2.75) is 6.10 Å². The van der Waals surface area contributed by atoms with Crippen LogP contribution in [0.4, 0.5) is 4.39 Å². The first-order valence-electron chi connectivity index (χ1n) is 5.54. The summed E-state index contributed by atoms with van der Waals surface area (Å²) in [6.45, 7) is -0.0991. The molecule has 0 aliphatic carbocycles. The van der Waals surface area contributed by atoms with Crippen molar-refractivity contribution in [2.24, 2.45) is 0 Å². The van der Waals surface area contributed by atoms with Gasteiger partial charge in [0.25, 0.3) is 5.91 Å².